The van der Waals surface area contributed by atoms with Crippen LogP contribution in [0.2, 0.25) is 0 Å². The van der Waals surface area contributed by atoms with Crippen molar-refractivity contribution in [2.75, 3.05) is 20.2 Å². The molecule has 1 aliphatic rings. The topological polar surface area (TPSA) is 67.0 Å². The van der Waals surface area contributed by atoms with Crippen LogP contribution >= 0.6 is 0 Å². The van der Waals surface area contributed by atoms with Crippen LogP contribution in [-0.2, 0) is 19.3 Å². The predicted octanol–water partition coefficient (Wildman–Crippen LogP) is 3.20. The summed E-state index contributed by atoms with van der Waals surface area (Å²) in [6.07, 6.45) is 6.01. The van der Waals surface area contributed by atoms with Gasteiger partial charge in [0.1, 0.15) is 5.75 Å². The van der Waals surface area contributed by atoms with Crippen molar-refractivity contribution in [1.29, 1.82) is 0 Å². The maximum atomic E-state index is 12.9. The van der Waals surface area contributed by atoms with Crippen molar-refractivity contribution in [3.63, 3.8) is 0 Å². The Bertz CT molecular complexity index is 948. The fourth-order valence-electron chi connectivity index (χ4n) is 3.63. The Labute approximate surface area is 158 Å². The van der Waals surface area contributed by atoms with Gasteiger partial charge < -0.3 is 10.1 Å². The summed E-state index contributed by atoms with van der Waals surface area (Å²) in [6.45, 7) is 2.01. The van der Waals surface area contributed by atoms with Crippen LogP contribution in [0.5, 0.6) is 5.75 Å². The van der Waals surface area contributed by atoms with Crippen LogP contribution in [0, 0.1) is 0 Å². The van der Waals surface area contributed by atoms with Crippen molar-refractivity contribution >= 4 is 5.78 Å². The first-order valence-electron chi connectivity index (χ1n) is 9.26. The summed E-state index contributed by atoms with van der Waals surface area (Å²) in [5.74, 6) is 0.662. The fourth-order valence-corrected chi connectivity index (χ4v) is 3.63. The van der Waals surface area contributed by atoms with Crippen molar-refractivity contribution in [3.8, 4) is 16.9 Å². The number of nitrogens with zero attached hydrogens (tertiary/aromatic N) is 1. The second-order valence-electron chi connectivity index (χ2n) is 6.86. The molecule has 2 N–H and O–H groups in total. The summed E-state index contributed by atoms with van der Waals surface area (Å²) in [7, 11) is 1.60. The number of H-pyrrole nitrogens is 1. The Kier molecular flexibility index (Phi) is 5.03. The van der Waals surface area contributed by atoms with Crippen LogP contribution in [0.4, 0.5) is 0 Å². The highest BCUT2D eigenvalue weighted by molar-refractivity contribution is 6.00. The summed E-state index contributed by atoms with van der Waals surface area (Å²) in [4.78, 5) is 12.9. The molecule has 2 heterocycles. The van der Waals surface area contributed by atoms with E-state index in [0.717, 1.165) is 42.6 Å². The molecule has 2 aromatic carbocycles. The second kappa shape index (κ2) is 7.76. The highest BCUT2D eigenvalue weighted by atomic mass is 16.5. The first-order valence-corrected chi connectivity index (χ1v) is 9.26. The maximum Gasteiger partial charge on any atom is 0.170 e. The van der Waals surface area contributed by atoms with Gasteiger partial charge in [0.05, 0.1) is 18.9 Å². The molecule has 0 bridgehead atoms. The van der Waals surface area contributed by atoms with E-state index in [1.54, 1.807) is 13.3 Å². The van der Waals surface area contributed by atoms with E-state index in [1.165, 1.54) is 11.1 Å². The van der Waals surface area contributed by atoms with Gasteiger partial charge in [0.2, 0.25) is 0 Å². The molecule has 0 saturated carbocycles. The number of carbonyl (C=O) groups is 1. The zero-order valence-corrected chi connectivity index (χ0v) is 15.4. The van der Waals surface area contributed by atoms with Crippen LogP contribution in [0.3, 0.4) is 0 Å². The van der Waals surface area contributed by atoms with E-state index in [0.29, 0.717) is 17.7 Å². The largest absolute Gasteiger partial charge is 0.496 e. The molecule has 5 heteroatoms. The van der Waals surface area contributed by atoms with E-state index in [4.69, 9.17) is 4.74 Å². The molecule has 0 aliphatic carbocycles. The van der Waals surface area contributed by atoms with Crippen LogP contribution in [0.15, 0.2) is 48.8 Å². The summed E-state index contributed by atoms with van der Waals surface area (Å²) in [5, 5.41) is 10.2. The van der Waals surface area contributed by atoms with Gasteiger partial charge in [0, 0.05) is 18.2 Å². The average molecular weight is 361 g/mol. The lowest BCUT2D eigenvalue weighted by Gasteiger charge is -2.11. The summed E-state index contributed by atoms with van der Waals surface area (Å²) >= 11 is 0. The number of ketones is 1. The third-order valence-corrected chi connectivity index (χ3v) is 5.11. The monoisotopic (exact) mass is 361 g/mol. The highest BCUT2D eigenvalue weighted by Gasteiger charge is 2.16. The van der Waals surface area contributed by atoms with Gasteiger partial charge in [-0.3, -0.25) is 9.89 Å². The van der Waals surface area contributed by atoms with Gasteiger partial charge in [-0.2, -0.15) is 5.10 Å². The van der Waals surface area contributed by atoms with Gasteiger partial charge in [-0.15, -0.1) is 0 Å². The third-order valence-electron chi connectivity index (χ3n) is 5.11. The molecular formula is C22H23N3O2. The standard InChI is InChI=1S/C22H23N3O2/c1-27-22-12-17(19-13-24-25-14-19)4-5-20(22)21(26)11-15-2-3-16-6-8-23-9-7-18(16)10-15/h2-5,10,12-14,23H,6-9,11H2,1H3,(H,24,25). The third kappa shape index (κ3) is 3.78. The lowest BCUT2D eigenvalue weighted by molar-refractivity contribution is 0.0990. The molecule has 0 spiro atoms. The molecule has 4 rings (SSSR count). The van der Waals surface area contributed by atoms with E-state index in [9.17, 15) is 4.79 Å². The predicted molar refractivity (Wildman–Crippen MR) is 105 cm³/mol. The van der Waals surface area contributed by atoms with Crippen molar-refractivity contribution in [3.05, 3.63) is 71.0 Å². The Morgan fingerprint density at radius 1 is 1.07 bits per heavy atom. The minimum absolute atomic E-state index is 0.0669. The van der Waals surface area contributed by atoms with Crippen LogP contribution in [0.1, 0.15) is 27.0 Å². The number of Topliss-reactive ketones (excluding diaryl/α,β-unsaturated/α-hetero) is 1. The molecule has 0 unspecified atom stereocenters. The zero-order valence-electron chi connectivity index (χ0n) is 15.4. The van der Waals surface area contributed by atoms with E-state index in [2.05, 4.69) is 33.7 Å². The lowest BCUT2D eigenvalue weighted by Crippen LogP contribution is -2.16. The van der Waals surface area contributed by atoms with Crippen LogP contribution in [0.25, 0.3) is 11.1 Å². The molecule has 0 atom stereocenters. The molecule has 5 nitrogen and oxygen atoms in total. The molecule has 138 valence electrons. The van der Waals surface area contributed by atoms with Gasteiger partial charge >= 0.3 is 0 Å². The molecule has 3 aromatic rings. The normalized spacial score (nSPS) is 13.7. The summed E-state index contributed by atoms with van der Waals surface area (Å²) in [5.41, 5.74) is 6.34. The quantitative estimate of drug-likeness (QED) is 0.685. The average Bonchev–Trinajstić information content (AvgIpc) is 3.13. The molecule has 27 heavy (non-hydrogen) atoms. The second-order valence-corrected chi connectivity index (χ2v) is 6.86. The molecule has 0 amide bonds. The number of methoxy groups -OCH3 is 1. The Morgan fingerprint density at radius 2 is 1.93 bits per heavy atom. The minimum Gasteiger partial charge on any atom is -0.496 e. The fraction of sp³-hybridized carbons (Fsp3) is 0.273. The Balaban J connectivity index is 1.57. The number of benzene rings is 2. The smallest absolute Gasteiger partial charge is 0.170 e. The lowest BCUT2D eigenvalue weighted by atomic mass is 9.95. The van der Waals surface area contributed by atoms with Gasteiger partial charge in [-0.25, -0.2) is 0 Å². The minimum atomic E-state index is 0.0669. The first kappa shape index (κ1) is 17.5. The molecular weight excluding hydrogens is 338 g/mol. The van der Waals surface area contributed by atoms with Crippen LogP contribution < -0.4 is 10.1 Å². The molecule has 1 aliphatic heterocycles. The molecule has 0 fully saturated rings. The number of nitrogens with one attached hydrogen (secondary N) is 2. The number of ether oxygens (including phenoxy) is 1. The van der Waals surface area contributed by atoms with Crippen molar-refractivity contribution in [1.82, 2.24) is 15.5 Å². The summed E-state index contributed by atoms with van der Waals surface area (Å²) < 4.78 is 5.49. The Hall–Kier alpha value is -2.92. The summed E-state index contributed by atoms with van der Waals surface area (Å²) in [6, 6.07) is 12.1. The first-order chi connectivity index (χ1) is 13.2. The zero-order chi connectivity index (χ0) is 18.6. The number of hydrogen-bond donors (Lipinski definition) is 2. The number of rotatable bonds is 5. The SMILES string of the molecule is COc1cc(-c2cn[nH]c2)ccc1C(=O)Cc1ccc2c(c1)CCNCC2. The van der Waals surface area contributed by atoms with E-state index in [1.807, 2.05) is 24.4 Å². The number of carbonyl (C=O) groups excluding carboxylic acids is 1. The molecule has 0 radical (unpaired) electrons. The number of aromatic nitrogens is 2. The van der Waals surface area contributed by atoms with Crippen molar-refractivity contribution < 1.29 is 9.53 Å². The molecule has 0 saturated heterocycles. The van der Waals surface area contributed by atoms with Crippen molar-refractivity contribution in [2.45, 2.75) is 19.3 Å². The highest BCUT2D eigenvalue weighted by Crippen LogP contribution is 2.28. The van der Waals surface area contributed by atoms with E-state index < -0.39 is 0 Å². The van der Waals surface area contributed by atoms with Gasteiger partial charge in [0.25, 0.3) is 0 Å². The van der Waals surface area contributed by atoms with Gasteiger partial charge in [-0.1, -0.05) is 24.3 Å². The number of hydrogen-bond acceptors (Lipinski definition) is 4. The Morgan fingerprint density at radius 3 is 2.70 bits per heavy atom. The maximum absolute atomic E-state index is 12.9. The van der Waals surface area contributed by atoms with Gasteiger partial charge in [-0.05, 0) is 60.3 Å². The van der Waals surface area contributed by atoms with E-state index >= 15 is 0 Å². The van der Waals surface area contributed by atoms with Crippen LogP contribution in [-0.4, -0.2) is 36.2 Å². The van der Waals surface area contributed by atoms with E-state index in [-0.39, 0.29) is 5.78 Å². The van der Waals surface area contributed by atoms with Crippen molar-refractivity contribution in [2.24, 2.45) is 0 Å². The van der Waals surface area contributed by atoms with Gasteiger partial charge in [0.15, 0.2) is 5.78 Å². The molecule has 1 aromatic heterocycles. The number of aromatic amines is 1. The number of fused-ring (bicyclic) bond motifs is 1.